The molecule has 1 atom stereocenters. The normalized spacial score (nSPS) is 12.1. The first-order valence-electron chi connectivity index (χ1n) is 6.00. The molecule has 0 bridgehead atoms. The number of ether oxygens (including phenoxy) is 2. The lowest BCUT2D eigenvalue weighted by Crippen LogP contribution is -1.93. The van der Waals surface area contributed by atoms with Crippen LogP contribution in [0.2, 0.25) is 0 Å². The summed E-state index contributed by atoms with van der Waals surface area (Å²) in [6.07, 6.45) is -0.522. The van der Waals surface area contributed by atoms with Crippen LogP contribution in [0.1, 0.15) is 18.6 Å². The third kappa shape index (κ3) is 3.53. The average Bonchev–Trinajstić information content (AvgIpc) is 2.40. The van der Waals surface area contributed by atoms with E-state index < -0.39 is 6.10 Å². The minimum absolute atomic E-state index is 0.522. The van der Waals surface area contributed by atoms with Crippen LogP contribution in [-0.2, 0) is 0 Å². The van der Waals surface area contributed by atoms with Crippen LogP contribution in [0.3, 0.4) is 0 Å². The van der Waals surface area contributed by atoms with Gasteiger partial charge >= 0.3 is 0 Å². The van der Waals surface area contributed by atoms with E-state index in [-0.39, 0.29) is 0 Å². The van der Waals surface area contributed by atoms with Crippen molar-refractivity contribution in [2.24, 2.45) is 0 Å². The third-order valence-corrected chi connectivity index (χ3v) is 4.10. The number of rotatable bonds is 4. The highest BCUT2D eigenvalue weighted by Gasteiger charge is 2.09. The Morgan fingerprint density at radius 3 is 2.20 bits per heavy atom. The molecule has 0 aliphatic carbocycles. The molecule has 0 fully saturated rings. The van der Waals surface area contributed by atoms with E-state index in [1.807, 2.05) is 36.4 Å². The Bertz CT molecular complexity index is 612. The van der Waals surface area contributed by atoms with Crippen LogP contribution in [0.15, 0.2) is 45.3 Å². The van der Waals surface area contributed by atoms with Crippen molar-refractivity contribution in [1.82, 2.24) is 0 Å². The van der Waals surface area contributed by atoms with E-state index in [9.17, 15) is 5.11 Å². The van der Waals surface area contributed by atoms with Gasteiger partial charge in [0, 0.05) is 4.47 Å². The topological polar surface area (TPSA) is 38.7 Å². The van der Waals surface area contributed by atoms with Gasteiger partial charge in [0.25, 0.3) is 0 Å². The van der Waals surface area contributed by atoms with E-state index in [1.54, 1.807) is 14.0 Å². The molecule has 20 heavy (non-hydrogen) atoms. The largest absolute Gasteiger partial charge is 0.497 e. The maximum Gasteiger partial charge on any atom is 0.141 e. The smallest absolute Gasteiger partial charge is 0.141 e. The average molecular weight is 402 g/mol. The van der Waals surface area contributed by atoms with E-state index in [1.165, 1.54) is 0 Å². The van der Waals surface area contributed by atoms with Crippen molar-refractivity contribution in [2.75, 3.05) is 7.11 Å². The highest BCUT2D eigenvalue weighted by molar-refractivity contribution is 9.10. The Hall–Kier alpha value is -1.04. The molecule has 0 saturated carbocycles. The molecule has 2 rings (SSSR count). The summed E-state index contributed by atoms with van der Waals surface area (Å²) >= 11 is 6.88. The Morgan fingerprint density at radius 2 is 1.65 bits per heavy atom. The molecule has 2 aromatic rings. The fourth-order valence-electron chi connectivity index (χ4n) is 1.73. The van der Waals surface area contributed by atoms with Crippen LogP contribution in [0, 0.1) is 0 Å². The van der Waals surface area contributed by atoms with E-state index in [4.69, 9.17) is 9.47 Å². The summed E-state index contributed by atoms with van der Waals surface area (Å²) in [5.41, 5.74) is 0.825. The summed E-state index contributed by atoms with van der Waals surface area (Å²) < 4.78 is 12.6. The van der Waals surface area contributed by atoms with E-state index >= 15 is 0 Å². The SMILES string of the molecule is COc1ccc(Oc2ccc([C@H](C)O)c(Br)c2)c(Br)c1. The van der Waals surface area contributed by atoms with Gasteiger partial charge in [-0.05, 0) is 58.7 Å². The second-order valence-electron chi connectivity index (χ2n) is 4.26. The number of aliphatic hydroxyl groups is 1. The number of hydrogen-bond donors (Lipinski definition) is 1. The van der Waals surface area contributed by atoms with Crippen LogP contribution in [0.25, 0.3) is 0 Å². The summed E-state index contributed by atoms with van der Waals surface area (Å²) in [5, 5.41) is 9.59. The summed E-state index contributed by atoms with van der Waals surface area (Å²) in [7, 11) is 1.62. The second-order valence-corrected chi connectivity index (χ2v) is 5.97. The molecule has 1 N–H and O–H groups in total. The number of hydrogen-bond acceptors (Lipinski definition) is 3. The zero-order chi connectivity index (χ0) is 14.7. The van der Waals surface area contributed by atoms with Gasteiger partial charge in [-0.25, -0.2) is 0 Å². The lowest BCUT2D eigenvalue weighted by molar-refractivity contribution is 0.198. The minimum Gasteiger partial charge on any atom is -0.497 e. The second kappa shape index (κ2) is 6.61. The molecule has 106 valence electrons. The van der Waals surface area contributed by atoms with Gasteiger partial charge < -0.3 is 14.6 Å². The van der Waals surface area contributed by atoms with Crippen molar-refractivity contribution in [3.63, 3.8) is 0 Å². The fourth-order valence-corrected chi connectivity index (χ4v) is 2.86. The van der Waals surface area contributed by atoms with Gasteiger partial charge in [0.05, 0.1) is 17.7 Å². The molecule has 0 aromatic heterocycles. The lowest BCUT2D eigenvalue weighted by atomic mass is 10.1. The molecule has 5 heteroatoms. The summed E-state index contributed by atoms with van der Waals surface area (Å²) in [6, 6.07) is 11.0. The van der Waals surface area contributed by atoms with Crippen molar-refractivity contribution in [3.8, 4) is 17.2 Å². The first kappa shape index (κ1) is 15.4. The maximum atomic E-state index is 9.59. The van der Waals surface area contributed by atoms with Crippen molar-refractivity contribution < 1.29 is 14.6 Å². The molecular formula is C15H14Br2O3. The molecule has 0 amide bonds. The highest BCUT2D eigenvalue weighted by Crippen LogP contribution is 2.35. The van der Waals surface area contributed by atoms with Crippen LogP contribution < -0.4 is 9.47 Å². The van der Waals surface area contributed by atoms with Gasteiger partial charge in [-0.2, -0.15) is 0 Å². The Kier molecular flexibility index (Phi) is 5.07. The Balaban J connectivity index is 2.24. The molecule has 0 aliphatic heterocycles. The molecular weight excluding hydrogens is 388 g/mol. The number of halogens is 2. The van der Waals surface area contributed by atoms with Gasteiger partial charge in [-0.15, -0.1) is 0 Å². The van der Waals surface area contributed by atoms with Gasteiger partial charge in [0.15, 0.2) is 0 Å². The van der Waals surface area contributed by atoms with E-state index in [0.29, 0.717) is 11.5 Å². The molecule has 3 nitrogen and oxygen atoms in total. The van der Waals surface area contributed by atoms with Gasteiger partial charge in [-0.3, -0.25) is 0 Å². The minimum atomic E-state index is -0.522. The molecule has 0 saturated heterocycles. The Labute approximate surface area is 134 Å². The predicted octanol–water partition coefficient (Wildman–Crippen LogP) is 5.07. The van der Waals surface area contributed by atoms with Gasteiger partial charge in [0.2, 0.25) is 0 Å². The van der Waals surface area contributed by atoms with Crippen molar-refractivity contribution >= 4 is 31.9 Å². The van der Waals surface area contributed by atoms with Gasteiger partial charge in [-0.1, -0.05) is 22.0 Å². The Morgan fingerprint density at radius 1 is 1.00 bits per heavy atom. The van der Waals surface area contributed by atoms with E-state index in [2.05, 4.69) is 31.9 Å². The summed E-state index contributed by atoms with van der Waals surface area (Å²) in [5.74, 6) is 2.14. The zero-order valence-electron chi connectivity index (χ0n) is 11.1. The standard InChI is InChI=1S/C15H14Br2O3/c1-9(18)12-5-3-11(8-13(12)16)20-15-6-4-10(19-2)7-14(15)17/h3-9,18H,1-2H3/t9-/m0/s1. The first-order chi connectivity index (χ1) is 9.51. The zero-order valence-corrected chi connectivity index (χ0v) is 14.2. The van der Waals surface area contributed by atoms with E-state index in [0.717, 1.165) is 20.3 Å². The molecule has 0 spiro atoms. The predicted molar refractivity (Wildman–Crippen MR) is 85.5 cm³/mol. The number of benzene rings is 2. The lowest BCUT2D eigenvalue weighted by Gasteiger charge is -2.12. The third-order valence-electron chi connectivity index (χ3n) is 2.79. The molecule has 0 aliphatic rings. The summed E-state index contributed by atoms with van der Waals surface area (Å²) in [4.78, 5) is 0. The van der Waals surface area contributed by atoms with Crippen LogP contribution in [-0.4, -0.2) is 12.2 Å². The number of methoxy groups -OCH3 is 1. The summed E-state index contributed by atoms with van der Waals surface area (Å²) in [6.45, 7) is 1.72. The van der Waals surface area contributed by atoms with Gasteiger partial charge in [0.1, 0.15) is 17.2 Å². The van der Waals surface area contributed by atoms with Crippen LogP contribution >= 0.6 is 31.9 Å². The molecule has 0 heterocycles. The van der Waals surface area contributed by atoms with Crippen LogP contribution in [0.4, 0.5) is 0 Å². The van der Waals surface area contributed by atoms with Crippen molar-refractivity contribution in [3.05, 3.63) is 50.9 Å². The molecule has 0 radical (unpaired) electrons. The maximum absolute atomic E-state index is 9.59. The fraction of sp³-hybridized carbons (Fsp3) is 0.200. The van der Waals surface area contributed by atoms with Crippen molar-refractivity contribution in [1.29, 1.82) is 0 Å². The quantitative estimate of drug-likeness (QED) is 0.777. The van der Waals surface area contributed by atoms with Crippen molar-refractivity contribution in [2.45, 2.75) is 13.0 Å². The highest BCUT2D eigenvalue weighted by atomic mass is 79.9. The monoisotopic (exact) mass is 400 g/mol. The molecule has 0 unspecified atom stereocenters. The molecule has 2 aromatic carbocycles. The number of aliphatic hydroxyl groups excluding tert-OH is 1. The van der Waals surface area contributed by atoms with Crippen LogP contribution in [0.5, 0.6) is 17.2 Å². The first-order valence-corrected chi connectivity index (χ1v) is 7.58.